The number of allylic oxidation sites excluding steroid dienone is 1. The Bertz CT molecular complexity index is 428. The summed E-state index contributed by atoms with van der Waals surface area (Å²) in [7, 11) is 2.05. The Balaban J connectivity index is 2.61. The molecular weight excluding hydrogens is 272 g/mol. The van der Waals surface area contributed by atoms with Crippen LogP contribution in [0.4, 0.5) is 0 Å². The summed E-state index contributed by atoms with van der Waals surface area (Å²) >= 11 is 5.77. The molecule has 1 rings (SSSR count). The van der Waals surface area contributed by atoms with Crippen LogP contribution in [0.2, 0.25) is 5.15 Å². The summed E-state index contributed by atoms with van der Waals surface area (Å²) in [4.78, 5) is 10.8. The number of unbranched alkanes of at least 4 members (excludes halogenated alkanes) is 1. The van der Waals surface area contributed by atoms with Gasteiger partial charge < -0.3 is 10.2 Å². The van der Waals surface area contributed by atoms with E-state index in [9.17, 15) is 0 Å². The quantitative estimate of drug-likeness (QED) is 0.276. The summed E-state index contributed by atoms with van der Waals surface area (Å²) in [6.07, 6.45) is 5.79. The minimum atomic E-state index is 0.506. The van der Waals surface area contributed by atoms with Crippen molar-refractivity contribution in [2.45, 2.75) is 26.3 Å². The molecule has 0 aliphatic carbocycles. The molecule has 0 fully saturated rings. The molecule has 1 aromatic heterocycles. The van der Waals surface area contributed by atoms with E-state index in [2.05, 4.69) is 33.7 Å². The van der Waals surface area contributed by atoms with E-state index in [1.165, 1.54) is 0 Å². The molecule has 0 saturated heterocycles. The van der Waals surface area contributed by atoms with Crippen LogP contribution >= 0.6 is 11.6 Å². The van der Waals surface area contributed by atoms with Crippen LogP contribution < -0.4 is 5.32 Å². The van der Waals surface area contributed by atoms with Gasteiger partial charge in [0.1, 0.15) is 5.15 Å². The predicted molar refractivity (Wildman–Crippen MR) is 86.1 cm³/mol. The van der Waals surface area contributed by atoms with E-state index in [0.717, 1.165) is 37.5 Å². The molecule has 0 aromatic carbocycles. The highest BCUT2D eigenvalue weighted by Gasteiger charge is 2.04. The first-order valence-electron chi connectivity index (χ1n) is 6.88. The number of rotatable bonds is 7. The molecule has 0 unspecified atom stereocenters. The number of pyridine rings is 1. The molecule has 1 heterocycles. The molecule has 0 radical (unpaired) electrons. The molecule has 1 N–H and O–H groups in total. The monoisotopic (exact) mass is 294 g/mol. The largest absolute Gasteiger partial charge is 0.357 e. The highest BCUT2D eigenvalue weighted by molar-refractivity contribution is 6.29. The van der Waals surface area contributed by atoms with Crippen LogP contribution in [-0.2, 0) is 6.54 Å². The number of nitrogens with one attached hydrogen (secondary N) is 1. The maximum Gasteiger partial charge on any atom is 0.193 e. The van der Waals surface area contributed by atoms with Gasteiger partial charge in [-0.2, -0.15) is 0 Å². The summed E-state index contributed by atoms with van der Waals surface area (Å²) in [6.45, 7) is 8.21. The van der Waals surface area contributed by atoms with Crippen LogP contribution in [0.15, 0.2) is 36.0 Å². The van der Waals surface area contributed by atoms with E-state index in [-0.39, 0.29) is 0 Å². The Morgan fingerprint density at radius 3 is 2.95 bits per heavy atom. The van der Waals surface area contributed by atoms with Gasteiger partial charge in [0.2, 0.25) is 0 Å². The lowest BCUT2D eigenvalue weighted by Crippen LogP contribution is -2.39. The van der Waals surface area contributed by atoms with Crippen LogP contribution in [0.5, 0.6) is 0 Å². The second-order valence-electron chi connectivity index (χ2n) is 4.51. The lowest BCUT2D eigenvalue weighted by atomic mass is 10.3. The van der Waals surface area contributed by atoms with Crippen molar-refractivity contribution >= 4 is 17.6 Å². The zero-order valence-corrected chi connectivity index (χ0v) is 13.0. The third kappa shape index (κ3) is 6.06. The zero-order valence-electron chi connectivity index (χ0n) is 12.3. The fourth-order valence-electron chi connectivity index (χ4n) is 1.71. The van der Waals surface area contributed by atoms with Crippen molar-refractivity contribution in [3.63, 3.8) is 0 Å². The predicted octanol–water partition coefficient (Wildman–Crippen LogP) is 3.10. The summed E-state index contributed by atoms with van der Waals surface area (Å²) in [5, 5.41) is 3.80. The highest BCUT2D eigenvalue weighted by Crippen LogP contribution is 2.06. The number of hydrogen-bond donors (Lipinski definition) is 1. The lowest BCUT2D eigenvalue weighted by Gasteiger charge is -2.21. The van der Waals surface area contributed by atoms with Crippen LogP contribution in [0.3, 0.4) is 0 Å². The number of hydrogen-bond acceptors (Lipinski definition) is 2. The minimum Gasteiger partial charge on any atom is -0.357 e. The summed E-state index contributed by atoms with van der Waals surface area (Å²) < 4.78 is 0. The molecule has 5 heteroatoms. The third-order valence-electron chi connectivity index (χ3n) is 2.80. The van der Waals surface area contributed by atoms with Gasteiger partial charge in [-0.25, -0.2) is 9.98 Å². The van der Waals surface area contributed by atoms with Crippen molar-refractivity contribution in [2.24, 2.45) is 4.99 Å². The Labute approximate surface area is 126 Å². The van der Waals surface area contributed by atoms with E-state index in [4.69, 9.17) is 11.6 Å². The van der Waals surface area contributed by atoms with Crippen LogP contribution in [-0.4, -0.2) is 36.0 Å². The van der Waals surface area contributed by atoms with Gasteiger partial charge in [0.15, 0.2) is 5.96 Å². The average Bonchev–Trinajstić information content (AvgIpc) is 2.45. The smallest absolute Gasteiger partial charge is 0.193 e. The molecule has 0 amide bonds. The minimum absolute atomic E-state index is 0.506. The van der Waals surface area contributed by atoms with Gasteiger partial charge >= 0.3 is 0 Å². The number of halogens is 1. The normalized spacial score (nSPS) is 11.2. The van der Waals surface area contributed by atoms with Crippen molar-refractivity contribution in [2.75, 3.05) is 20.1 Å². The second kappa shape index (κ2) is 9.37. The van der Waals surface area contributed by atoms with Crippen LogP contribution in [0, 0.1) is 0 Å². The Hall–Kier alpha value is -1.55. The molecule has 4 nitrogen and oxygen atoms in total. The van der Waals surface area contributed by atoms with Crippen molar-refractivity contribution in [3.8, 4) is 0 Å². The molecular formula is C15H23ClN4. The van der Waals surface area contributed by atoms with Crippen LogP contribution in [0.1, 0.15) is 25.3 Å². The Morgan fingerprint density at radius 2 is 2.35 bits per heavy atom. The van der Waals surface area contributed by atoms with Crippen molar-refractivity contribution in [3.05, 3.63) is 41.7 Å². The van der Waals surface area contributed by atoms with Crippen molar-refractivity contribution in [1.82, 2.24) is 15.2 Å². The van der Waals surface area contributed by atoms with Gasteiger partial charge in [-0.15, -0.1) is 6.58 Å². The molecule has 0 aliphatic rings. The number of aromatic nitrogens is 1. The van der Waals surface area contributed by atoms with Crippen LogP contribution in [0.25, 0.3) is 0 Å². The molecule has 0 spiro atoms. The lowest BCUT2D eigenvalue weighted by molar-refractivity contribution is 0.470. The van der Waals surface area contributed by atoms with E-state index in [1.807, 2.05) is 19.2 Å². The molecule has 0 bridgehead atoms. The van der Waals surface area contributed by atoms with Gasteiger partial charge in [-0.05, 0) is 31.4 Å². The van der Waals surface area contributed by atoms with Gasteiger partial charge in [0.05, 0.1) is 6.54 Å². The Kier molecular flexibility index (Phi) is 7.73. The standard InChI is InChI=1S/C15H23ClN4/c1-4-6-7-10-20(3)15(17-5-2)19-12-13-8-9-14(16)18-11-13/h4,8-9,11H,1,5-7,10,12H2,2-3H3,(H,17,19). The van der Waals surface area contributed by atoms with Crippen molar-refractivity contribution < 1.29 is 0 Å². The summed E-state index contributed by atoms with van der Waals surface area (Å²) in [5.41, 5.74) is 1.05. The first-order valence-corrected chi connectivity index (χ1v) is 7.26. The first kappa shape index (κ1) is 16.5. The van der Waals surface area contributed by atoms with E-state index in [0.29, 0.717) is 11.7 Å². The van der Waals surface area contributed by atoms with Gasteiger partial charge in [0.25, 0.3) is 0 Å². The average molecular weight is 295 g/mol. The maximum atomic E-state index is 5.77. The fraction of sp³-hybridized carbons (Fsp3) is 0.467. The number of aliphatic imine (C=N–C) groups is 1. The second-order valence-corrected chi connectivity index (χ2v) is 4.90. The molecule has 0 aliphatic heterocycles. The summed E-state index contributed by atoms with van der Waals surface area (Å²) in [5.74, 6) is 0.909. The van der Waals surface area contributed by atoms with E-state index in [1.54, 1.807) is 12.3 Å². The molecule has 20 heavy (non-hydrogen) atoms. The zero-order chi connectivity index (χ0) is 14.8. The molecule has 1 aromatic rings. The Morgan fingerprint density at radius 1 is 1.55 bits per heavy atom. The first-order chi connectivity index (χ1) is 9.67. The van der Waals surface area contributed by atoms with E-state index < -0.39 is 0 Å². The number of guanidine groups is 1. The van der Waals surface area contributed by atoms with Gasteiger partial charge in [-0.1, -0.05) is 23.7 Å². The van der Waals surface area contributed by atoms with Gasteiger partial charge in [-0.3, -0.25) is 0 Å². The fourth-order valence-corrected chi connectivity index (χ4v) is 1.83. The molecule has 0 atom stereocenters. The SMILES string of the molecule is C=CCCCN(C)C(=NCc1ccc(Cl)nc1)NCC. The third-order valence-corrected chi connectivity index (χ3v) is 3.02. The topological polar surface area (TPSA) is 40.5 Å². The number of nitrogens with zero attached hydrogens (tertiary/aromatic N) is 3. The maximum absolute atomic E-state index is 5.77. The molecule has 110 valence electrons. The summed E-state index contributed by atoms with van der Waals surface area (Å²) in [6, 6.07) is 3.73. The van der Waals surface area contributed by atoms with E-state index >= 15 is 0 Å². The van der Waals surface area contributed by atoms with Gasteiger partial charge in [0, 0.05) is 26.3 Å². The molecule has 0 saturated carbocycles. The highest BCUT2D eigenvalue weighted by atomic mass is 35.5. The van der Waals surface area contributed by atoms with Crippen molar-refractivity contribution in [1.29, 1.82) is 0 Å².